The van der Waals surface area contributed by atoms with Crippen LogP contribution in [0.3, 0.4) is 0 Å². The van der Waals surface area contributed by atoms with Gasteiger partial charge in [0.05, 0.1) is 12.6 Å². The fraction of sp³-hybridized carbons (Fsp3) is 0.476. The molecule has 2 aliphatic rings. The summed E-state index contributed by atoms with van der Waals surface area (Å²) in [7, 11) is 2.12. The third-order valence-corrected chi connectivity index (χ3v) is 6.04. The number of nitrogens with zero attached hydrogens (tertiary/aromatic N) is 3. The van der Waals surface area contributed by atoms with E-state index in [9.17, 15) is 14.7 Å². The van der Waals surface area contributed by atoms with Gasteiger partial charge in [-0.25, -0.2) is 0 Å². The van der Waals surface area contributed by atoms with Crippen LogP contribution >= 0.6 is 0 Å². The van der Waals surface area contributed by atoms with E-state index in [1.807, 2.05) is 18.2 Å². The number of likely N-dealkylation sites (tertiary alicyclic amines) is 1. The van der Waals surface area contributed by atoms with Crippen molar-refractivity contribution >= 4 is 11.8 Å². The molecule has 0 radical (unpaired) electrons. The van der Waals surface area contributed by atoms with Crippen molar-refractivity contribution in [1.82, 2.24) is 25.3 Å². The van der Waals surface area contributed by atoms with E-state index in [0.717, 1.165) is 25.9 Å². The third-order valence-electron chi connectivity index (χ3n) is 6.04. The highest BCUT2D eigenvalue weighted by atomic mass is 16.3. The lowest BCUT2D eigenvalue weighted by molar-refractivity contribution is 0.0920. The molecule has 1 aromatic heterocycles. The molecule has 8 nitrogen and oxygen atoms in total. The second kappa shape index (κ2) is 7.96. The van der Waals surface area contributed by atoms with Crippen LogP contribution in [0.15, 0.2) is 36.4 Å². The molecule has 0 aliphatic carbocycles. The van der Waals surface area contributed by atoms with E-state index in [2.05, 4.69) is 39.8 Å². The van der Waals surface area contributed by atoms with Gasteiger partial charge in [0, 0.05) is 24.6 Å². The molecular weight excluding hydrogens is 370 g/mol. The van der Waals surface area contributed by atoms with Crippen LogP contribution in [0.2, 0.25) is 0 Å². The van der Waals surface area contributed by atoms with Crippen molar-refractivity contribution < 1.29 is 14.7 Å². The maximum Gasteiger partial charge on any atom is 0.271 e. The molecule has 4 rings (SSSR count). The first-order valence-electron chi connectivity index (χ1n) is 10.0. The Morgan fingerprint density at radius 3 is 2.76 bits per heavy atom. The molecule has 154 valence electrons. The second-order valence-electron chi connectivity index (χ2n) is 8.09. The molecule has 1 saturated heterocycles. The van der Waals surface area contributed by atoms with E-state index in [1.54, 1.807) is 0 Å². The molecule has 3 heterocycles. The Kier molecular flexibility index (Phi) is 5.38. The van der Waals surface area contributed by atoms with Gasteiger partial charge in [-0.3, -0.25) is 14.3 Å². The number of aliphatic hydroxyl groups excluding tert-OH is 1. The third kappa shape index (κ3) is 4.04. The van der Waals surface area contributed by atoms with Crippen molar-refractivity contribution in [3.05, 3.63) is 53.3 Å². The predicted molar refractivity (Wildman–Crippen MR) is 108 cm³/mol. The smallest absolute Gasteiger partial charge is 0.271 e. The van der Waals surface area contributed by atoms with Gasteiger partial charge in [-0.05, 0) is 38.5 Å². The number of aromatic nitrogens is 2. The first kappa shape index (κ1) is 19.6. The lowest BCUT2D eigenvalue weighted by Crippen LogP contribution is -2.48. The quantitative estimate of drug-likeness (QED) is 0.693. The monoisotopic (exact) mass is 397 g/mol. The standard InChI is InChI=1S/C21H27N5O3/c1-25-9-7-21(8-10-25,15-5-3-2-4-6-15)14-23-19(28)17-11-18-20(29)22-12-16(27)13-26(18)24-17/h2-6,11,16,27H,7-10,12-14H2,1H3,(H,22,29)(H,23,28)/t16-/m0/s1. The first-order valence-corrected chi connectivity index (χ1v) is 10.0. The van der Waals surface area contributed by atoms with Crippen molar-refractivity contribution in [3.8, 4) is 0 Å². The van der Waals surface area contributed by atoms with Gasteiger partial charge >= 0.3 is 0 Å². The Balaban J connectivity index is 1.51. The summed E-state index contributed by atoms with van der Waals surface area (Å²) in [6, 6.07) is 11.8. The SMILES string of the molecule is CN1CCC(CNC(=O)c2cc3n(n2)C[C@@H](O)CNC3=O)(c2ccccc2)CC1. The van der Waals surface area contributed by atoms with Crippen LogP contribution in [-0.2, 0) is 12.0 Å². The highest BCUT2D eigenvalue weighted by Crippen LogP contribution is 2.34. The number of carbonyl (C=O) groups excluding carboxylic acids is 2. The van der Waals surface area contributed by atoms with Crippen LogP contribution in [-0.4, -0.2) is 70.9 Å². The molecule has 1 aromatic carbocycles. The van der Waals surface area contributed by atoms with Crippen LogP contribution in [0.5, 0.6) is 0 Å². The fourth-order valence-corrected chi connectivity index (χ4v) is 4.16. The summed E-state index contributed by atoms with van der Waals surface area (Å²) in [4.78, 5) is 27.3. The second-order valence-corrected chi connectivity index (χ2v) is 8.09. The molecule has 0 unspecified atom stereocenters. The molecule has 29 heavy (non-hydrogen) atoms. The maximum atomic E-state index is 12.8. The number of amides is 2. The van der Waals surface area contributed by atoms with E-state index in [4.69, 9.17) is 0 Å². The van der Waals surface area contributed by atoms with E-state index in [0.29, 0.717) is 12.2 Å². The van der Waals surface area contributed by atoms with Crippen molar-refractivity contribution in [2.24, 2.45) is 0 Å². The number of nitrogens with one attached hydrogen (secondary N) is 2. The van der Waals surface area contributed by atoms with Crippen molar-refractivity contribution in [2.75, 3.05) is 33.2 Å². The van der Waals surface area contributed by atoms with Gasteiger partial charge in [-0.15, -0.1) is 0 Å². The number of rotatable bonds is 4. The normalized spacial score (nSPS) is 21.7. The van der Waals surface area contributed by atoms with E-state index in [-0.39, 0.29) is 36.0 Å². The Hall–Kier alpha value is -2.71. The number of aliphatic hydroxyl groups is 1. The first-order chi connectivity index (χ1) is 14.0. The Morgan fingerprint density at radius 1 is 1.31 bits per heavy atom. The zero-order valence-corrected chi connectivity index (χ0v) is 16.6. The number of fused-ring (bicyclic) bond motifs is 1. The molecule has 0 bridgehead atoms. The van der Waals surface area contributed by atoms with Gasteiger partial charge in [0.2, 0.25) is 0 Å². The number of carbonyl (C=O) groups is 2. The minimum absolute atomic E-state index is 0.117. The van der Waals surface area contributed by atoms with Crippen LogP contribution < -0.4 is 10.6 Å². The number of hydrogen-bond acceptors (Lipinski definition) is 5. The van der Waals surface area contributed by atoms with E-state index < -0.39 is 6.10 Å². The van der Waals surface area contributed by atoms with Gasteiger partial charge in [0.25, 0.3) is 11.8 Å². The average molecular weight is 397 g/mol. The minimum Gasteiger partial charge on any atom is -0.389 e. The molecule has 8 heteroatoms. The molecular formula is C21H27N5O3. The predicted octanol–water partition coefficient (Wildman–Crippen LogP) is 0.381. The zero-order chi connectivity index (χ0) is 20.4. The van der Waals surface area contributed by atoms with Gasteiger partial charge in [0.1, 0.15) is 5.69 Å². The Labute approximate surface area is 169 Å². The summed E-state index contributed by atoms with van der Waals surface area (Å²) >= 11 is 0. The van der Waals surface area contributed by atoms with Crippen molar-refractivity contribution in [2.45, 2.75) is 30.9 Å². The van der Waals surface area contributed by atoms with E-state index in [1.165, 1.54) is 16.3 Å². The van der Waals surface area contributed by atoms with Gasteiger partial charge in [-0.2, -0.15) is 5.10 Å². The lowest BCUT2D eigenvalue weighted by atomic mass is 9.72. The highest BCUT2D eigenvalue weighted by molar-refractivity contribution is 5.98. The Bertz CT molecular complexity index is 887. The topological polar surface area (TPSA) is 99.5 Å². The largest absolute Gasteiger partial charge is 0.389 e. The summed E-state index contributed by atoms with van der Waals surface area (Å²) in [5, 5.41) is 19.8. The number of piperidine rings is 1. The van der Waals surface area contributed by atoms with Crippen molar-refractivity contribution in [1.29, 1.82) is 0 Å². The Morgan fingerprint density at radius 2 is 2.03 bits per heavy atom. The van der Waals surface area contributed by atoms with Crippen molar-refractivity contribution in [3.63, 3.8) is 0 Å². The lowest BCUT2D eigenvalue weighted by Gasteiger charge is -2.41. The molecule has 1 atom stereocenters. The van der Waals surface area contributed by atoms with E-state index >= 15 is 0 Å². The number of hydrogen-bond donors (Lipinski definition) is 3. The number of β-amino-alcohol motifs (C(OH)–C–C–N with tert-alkyl or cyclic N) is 1. The fourth-order valence-electron chi connectivity index (χ4n) is 4.16. The maximum absolute atomic E-state index is 12.8. The molecule has 2 aliphatic heterocycles. The molecule has 2 aromatic rings. The summed E-state index contributed by atoms with van der Waals surface area (Å²) in [6.45, 7) is 2.82. The molecule has 1 fully saturated rings. The molecule has 0 spiro atoms. The van der Waals surface area contributed by atoms with Crippen LogP contribution in [0.25, 0.3) is 0 Å². The van der Waals surface area contributed by atoms with Crippen LogP contribution in [0.4, 0.5) is 0 Å². The molecule has 3 N–H and O–H groups in total. The summed E-state index contributed by atoms with van der Waals surface area (Å²) in [5.74, 6) is -0.633. The summed E-state index contributed by atoms with van der Waals surface area (Å²) < 4.78 is 1.41. The van der Waals surface area contributed by atoms with Gasteiger partial charge < -0.3 is 20.6 Å². The zero-order valence-electron chi connectivity index (χ0n) is 16.6. The number of benzene rings is 1. The van der Waals surface area contributed by atoms with Gasteiger partial charge in [0.15, 0.2) is 5.69 Å². The van der Waals surface area contributed by atoms with Gasteiger partial charge in [-0.1, -0.05) is 30.3 Å². The minimum atomic E-state index is -0.725. The summed E-state index contributed by atoms with van der Waals surface area (Å²) in [6.07, 6.45) is 1.20. The molecule has 0 saturated carbocycles. The van der Waals surface area contributed by atoms with Crippen LogP contribution in [0, 0.1) is 0 Å². The highest BCUT2D eigenvalue weighted by Gasteiger charge is 2.36. The molecule has 2 amide bonds. The average Bonchev–Trinajstić information content (AvgIpc) is 3.11. The summed E-state index contributed by atoms with van der Waals surface area (Å²) in [5.41, 5.74) is 1.61. The van der Waals surface area contributed by atoms with Crippen LogP contribution in [0.1, 0.15) is 39.4 Å².